The zero-order valence-corrected chi connectivity index (χ0v) is 12.7. The van der Waals surface area contributed by atoms with Crippen LogP contribution in [0, 0.1) is 5.41 Å². The molecule has 2 aliphatic rings. The van der Waals surface area contributed by atoms with Crippen LogP contribution in [0.15, 0.2) is 0 Å². The zero-order chi connectivity index (χ0) is 13.7. The average molecular weight is 269 g/mol. The minimum atomic E-state index is -0.164. The molecule has 0 aromatic carbocycles. The van der Waals surface area contributed by atoms with E-state index in [1.165, 1.54) is 38.5 Å². The standard InChI is InChI=1S/C16H31NO2/c1-3-19-15-12-14(17-11-7-8-13(2)18)16(15)9-5-4-6-10-16/h13-15,17-18H,3-12H2,1-2H3. The number of rotatable bonds is 7. The van der Waals surface area contributed by atoms with Gasteiger partial charge in [-0.1, -0.05) is 19.3 Å². The largest absolute Gasteiger partial charge is 0.393 e. The second-order valence-electron chi connectivity index (χ2n) is 6.47. The van der Waals surface area contributed by atoms with Gasteiger partial charge < -0.3 is 15.2 Å². The molecule has 3 atom stereocenters. The summed E-state index contributed by atoms with van der Waals surface area (Å²) in [6.45, 7) is 5.87. The second-order valence-corrected chi connectivity index (χ2v) is 6.47. The SMILES string of the molecule is CCOC1CC(NCCCC(C)O)C12CCCCC2. The fraction of sp³-hybridized carbons (Fsp3) is 1.00. The van der Waals surface area contributed by atoms with Gasteiger partial charge >= 0.3 is 0 Å². The number of hydrogen-bond acceptors (Lipinski definition) is 3. The Kier molecular flexibility index (Phi) is 5.67. The summed E-state index contributed by atoms with van der Waals surface area (Å²) in [5, 5.41) is 13.0. The van der Waals surface area contributed by atoms with Crippen molar-refractivity contribution in [3.05, 3.63) is 0 Å². The first-order valence-corrected chi connectivity index (χ1v) is 8.22. The average Bonchev–Trinajstić information content (AvgIpc) is 2.41. The molecule has 3 heteroatoms. The maximum absolute atomic E-state index is 9.30. The molecule has 19 heavy (non-hydrogen) atoms. The zero-order valence-electron chi connectivity index (χ0n) is 12.7. The number of nitrogens with one attached hydrogen (secondary N) is 1. The van der Waals surface area contributed by atoms with Crippen LogP contribution in [0.1, 0.15) is 65.2 Å². The van der Waals surface area contributed by atoms with Crippen molar-refractivity contribution < 1.29 is 9.84 Å². The van der Waals surface area contributed by atoms with E-state index in [0.717, 1.165) is 26.0 Å². The molecule has 3 unspecified atom stereocenters. The molecular weight excluding hydrogens is 238 g/mol. The fourth-order valence-corrected chi connectivity index (χ4v) is 4.02. The Hall–Kier alpha value is -0.120. The van der Waals surface area contributed by atoms with Crippen LogP contribution in [-0.4, -0.2) is 36.5 Å². The third kappa shape index (κ3) is 3.50. The van der Waals surface area contributed by atoms with E-state index in [-0.39, 0.29) is 6.10 Å². The highest BCUT2D eigenvalue weighted by Gasteiger charge is 2.55. The van der Waals surface area contributed by atoms with Gasteiger partial charge in [-0.2, -0.15) is 0 Å². The summed E-state index contributed by atoms with van der Waals surface area (Å²) in [7, 11) is 0. The molecule has 0 aromatic rings. The van der Waals surface area contributed by atoms with Gasteiger partial charge in [0.05, 0.1) is 12.2 Å². The summed E-state index contributed by atoms with van der Waals surface area (Å²) in [4.78, 5) is 0. The van der Waals surface area contributed by atoms with E-state index >= 15 is 0 Å². The normalized spacial score (nSPS) is 31.1. The van der Waals surface area contributed by atoms with Gasteiger partial charge in [0.2, 0.25) is 0 Å². The minimum Gasteiger partial charge on any atom is -0.393 e. The number of aliphatic hydroxyl groups is 1. The molecule has 0 radical (unpaired) electrons. The van der Waals surface area contributed by atoms with Crippen molar-refractivity contribution in [2.24, 2.45) is 5.41 Å². The summed E-state index contributed by atoms with van der Waals surface area (Å²) in [5.41, 5.74) is 0.430. The molecule has 0 amide bonds. The van der Waals surface area contributed by atoms with Gasteiger partial charge in [-0.3, -0.25) is 0 Å². The van der Waals surface area contributed by atoms with Gasteiger partial charge in [-0.25, -0.2) is 0 Å². The van der Waals surface area contributed by atoms with Crippen molar-refractivity contribution >= 4 is 0 Å². The Morgan fingerprint density at radius 1 is 1.32 bits per heavy atom. The molecular formula is C16H31NO2. The van der Waals surface area contributed by atoms with Crippen molar-refractivity contribution in [3.63, 3.8) is 0 Å². The smallest absolute Gasteiger partial charge is 0.0661 e. The Bertz CT molecular complexity index is 261. The molecule has 2 rings (SSSR count). The lowest BCUT2D eigenvalue weighted by atomic mass is 9.55. The van der Waals surface area contributed by atoms with E-state index in [9.17, 15) is 5.11 Å². The van der Waals surface area contributed by atoms with E-state index in [4.69, 9.17) is 4.74 Å². The summed E-state index contributed by atoms with van der Waals surface area (Å²) in [5.74, 6) is 0. The molecule has 0 bridgehead atoms. The predicted molar refractivity (Wildman–Crippen MR) is 78.3 cm³/mol. The van der Waals surface area contributed by atoms with Crippen LogP contribution in [0.3, 0.4) is 0 Å². The Labute approximate surface area is 118 Å². The van der Waals surface area contributed by atoms with Crippen LogP contribution in [0.5, 0.6) is 0 Å². The monoisotopic (exact) mass is 269 g/mol. The lowest BCUT2D eigenvalue weighted by Gasteiger charge is -2.58. The molecule has 0 saturated heterocycles. The maximum atomic E-state index is 9.30. The Balaban J connectivity index is 1.80. The van der Waals surface area contributed by atoms with Gasteiger partial charge in [0.15, 0.2) is 0 Å². The highest BCUT2D eigenvalue weighted by molar-refractivity contribution is 5.08. The number of aliphatic hydroxyl groups excluding tert-OH is 1. The first-order chi connectivity index (χ1) is 9.19. The highest BCUT2D eigenvalue weighted by Crippen LogP contribution is 2.53. The molecule has 2 saturated carbocycles. The topological polar surface area (TPSA) is 41.5 Å². The minimum absolute atomic E-state index is 0.164. The van der Waals surface area contributed by atoms with Gasteiger partial charge in [0, 0.05) is 18.1 Å². The van der Waals surface area contributed by atoms with Crippen LogP contribution in [0.2, 0.25) is 0 Å². The third-order valence-electron chi connectivity index (χ3n) is 5.13. The summed E-state index contributed by atoms with van der Waals surface area (Å²) in [6.07, 6.45) is 10.3. The number of ether oxygens (including phenoxy) is 1. The van der Waals surface area contributed by atoms with Gasteiger partial charge in [0.25, 0.3) is 0 Å². The lowest BCUT2D eigenvalue weighted by molar-refractivity contribution is -0.149. The van der Waals surface area contributed by atoms with Crippen molar-refractivity contribution in [1.82, 2.24) is 5.32 Å². The number of hydrogen-bond donors (Lipinski definition) is 2. The van der Waals surface area contributed by atoms with Crippen LogP contribution in [0.4, 0.5) is 0 Å². The molecule has 1 spiro atoms. The highest BCUT2D eigenvalue weighted by atomic mass is 16.5. The van der Waals surface area contributed by atoms with Crippen molar-refractivity contribution in [2.45, 2.75) is 83.5 Å². The predicted octanol–water partition coefficient (Wildman–Crippen LogP) is 2.86. The summed E-state index contributed by atoms with van der Waals surface area (Å²) in [6, 6.07) is 0.651. The second kappa shape index (κ2) is 7.05. The van der Waals surface area contributed by atoms with Gasteiger partial charge in [-0.05, 0) is 52.5 Å². The molecule has 2 fully saturated rings. The van der Waals surface area contributed by atoms with Gasteiger partial charge in [0.1, 0.15) is 0 Å². The summed E-state index contributed by atoms with van der Waals surface area (Å²) >= 11 is 0. The van der Waals surface area contributed by atoms with Crippen LogP contribution in [-0.2, 0) is 4.74 Å². The first-order valence-electron chi connectivity index (χ1n) is 8.22. The fourth-order valence-electron chi connectivity index (χ4n) is 4.02. The van der Waals surface area contributed by atoms with Crippen molar-refractivity contribution in [1.29, 1.82) is 0 Å². The van der Waals surface area contributed by atoms with Crippen LogP contribution < -0.4 is 5.32 Å². The van der Waals surface area contributed by atoms with E-state index < -0.39 is 0 Å². The van der Waals surface area contributed by atoms with Crippen LogP contribution >= 0.6 is 0 Å². The summed E-state index contributed by atoms with van der Waals surface area (Å²) < 4.78 is 5.97. The molecule has 0 aliphatic heterocycles. The van der Waals surface area contributed by atoms with E-state index in [2.05, 4.69) is 12.2 Å². The van der Waals surface area contributed by atoms with Gasteiger partial charge in [-0.15, -0.1) is 0 Å². The molecule has 3 nitrogen and oxygen atoms in total. The van der Waals surface area contributed by atoms with E-state index in [1.54, 1.807) is 0 Å². The first kappa shape index (κ1) is 15.3. The quantitative estimate of drug-likeness (QED) is 0.698. The molecule has 2 N–H and O–H groups in total. The van der Waals surface area contributed by atoms with Crippen molar-refractivity contribution in [3.8, 4) is 0 Å². The maximum Gasteiger partial charge on any atom is 0.0661 e. The van der Waals surface area contributed by atoms with E-state index in [1.807, 2.05) is 6.92 Å². The molecule has 0 aromatic heterocycles. The molecule has 0 heterocycles. The third-order valence-corrected chi connectivity index (χ3v) is 5.13. The van der Waals surface area contributed by atoms with Crippen LogP contribution in [0.25, 0.3) is 0 Å². The Morgan fingerprint density at radius 3 is 2.68 bits per heavy atom. The van der Waals surface area contributed by atoms with E-state index in [0.29, 0.717) is 17.6 Å². The molecule has 2 aliphatic carbocycles. The van der Waals surface area contributed by atoms with Crippen molar-refractivity contribution in [2.75, 3.05) is 13.2 Å². The molecule has 112 valence electrons. The lowest BCUT2D eigenvalue weighted by Crippen LogP contribution is -2.64. The Morgan fingerprint density at radius 2 is 2.05 bits per heavy atom.